The van der Waals surface area contributed by atoms with Gasteiger partial charge in [0.25, 0.3) is 0 Å². The molecule has 2 atom stereocenters. The molecule has 0 unspecified atom stereocenters. The molecule has 1 aromatic rings. The highest BCUT2D eigenvalue weighted by Crippen LogP contribution is 2.10. The number of ketones is 1. The first kappa shape index (κ1) is 15.9. The number of nitrogens with one attached hydrogen (secondary N) is 1. The van der Waals surface area contributed by atoms with E-state index >= 15 is 0 Å². The van der Waals surface area contributed by atoms with Gasteiger partial charge in [-0.2, -0.15) is 5.26 Å². The van der Waals surface area contributed by atoms with Crippen LogP contribution >= 0.6 is 0 Å². The number of nitrogens with zero attached hydrogens (tertiary/aromatic N) is 1. The summed E-state index contributed by atoms with van der Waals surface area (Å²) in [4.78, 5) is 23.8. The van der Waals surface area contributed by atoms with Gasteiger partial charge in [0, 0.05) is 12.5 Å². The van der Waals surface area contributed by atoms with Crippen LogP contribution in [0, 0.1) is 23.2 Å². The quantitative estimate of drug-likeness (QED) is 0.773. The fraction of sp³-hybridized carbons (Fsp3) is 0.438. The first-order valence-corrected chi connectivity index (χ1v) is 6.85. The third kappa shape index (κ3) is 4.51. The molecule has 0 bridgehead atoms. The van der Waals surface area contributed by atoms with Crippen LogP contribution in [0.5, 0.6) is 0 Å². The van der Waals surface area contributed by atoms with Gasteiger partial charge in [0.15, 0.2) is 11.7 Å². The molecule has 106 valence electrons. The number of hydrogen-bond acceptors (Lipinski definition) is 3. The normalized spacial score (nSPS) is 13.1. The van der Waals surface area contributed by atoms with Gasteiger partial charge in [-0.25, -0.2) is 0 Å². The smallest absolute Gasteiger partial charge is 0.245 e. The molecule has 0 aliphatic carbocycles. The minimum absolute atomic E-state index is 0.264. The standard InChI is InChI=1S/C16H20N2O2/c1-3-12(2)15(19)14(11-17)16(20)18-10-9-13-7-5-4-6-8-13/h4-8,12,14H,3,9-10H2,1-2H3,(H,18,20)/t12-,14+/m0/s1. The Kier molecular flexibility index (Phi) is 6.45. The van der Waals surface area contributed by atoms with Crippen molar-refractivity contribution < 1.29 is 9.59 Å². The van der Waals surface area contributed by atoms with Crippen LogP contribution in [0.3, 0.4) is 0 Å². The molecular formula is C16H20N2O2. The highest BCUT2D eigenvalue weighted by atomic mass is 16.2. The molecule has 4 nitrogen and oxygen atoms in total. The first-order chi connectivity index (χ1) is 9.60. The Morgan fingerprint density at radius 2 is 1.95 bits per heavy atom. The lowest BCUT2D eigenvalue weighted by Gasteiger charge is -2.13. The number of rotatable bonds is 7. The van der Waals surface area contributed by atoms with Gasteiger partial charge < -0.3 is 5.32 Å². The summed E-state index contributed by atoms with van der Waals surface area (Å²) < 4.78 is 0. The molecule has 1 amide bonds. The minimum Gasteiger partial charge on any atom is -0.354 e. The Morgan fingerprint density at radius 3 is 2.50 bits per heavy atom. The molecule has 0 aliphatic heterocycles. The molecule has 0 spiro atoms. The molecule has 4 heteroatoms. The molecule has 0 heterocycles. The zero-order valence-electron chi connectivity index (χ0n) is 11.9. The molecular weight excluding hydrogens is 252 g/mol. The SMILES string of the molecule is CC[C@H](C)C(=O)[C@@H](C#N)C(=O)NCCc1ccccc1. The second-order valence-electron chi connectivity index (χ2n) is 4.80. The number of carbonyl (C=O) groups excluding carboxylic acids is 2. The molecule has 0 radical (unpaired) electrons. The predicted octanol–water partition coefficient (Wildman–Crippen LogP) is 2.10. The van der Waals surface area contributed by atoms with E-state index in [1.165, 1.54) is 0 Å². The van der Waals surface area contributed by atoms with E-state index in [4.69, 9.17) is 5.26 Å². The lowest BCUT2D eigenvalue weighted by molar-refractivity contribution is -0.133. The van der Waals surface area contributed by atoms with Crippen molar-refractivity contribution in [2.45, 2.75) is 26.7 Å². The first-order valence-electron chi connectivity index (χ1n) is 6.85. The second kappa shape index (κ2) is 8.11. The maximum Gasteiger partial charge on any atom is 0.245 e. The third-order valence-electron chi connectivity index (χ3n) is 3.33. The zero-order valence-corrected chi connectivity index (χ0v) is 11.9. The maximum atomic E-state index is 11.9. The van der Waals surface area contributed by atoms with Crippen LogP contribution in [0.1, 0.15) is 25.8 Å². The van der Waals surface area contributed by atoms with E-state index < -0.39 is 11.8 Å². The average molecular weight is 272 g/mol. The average Bonchev–Trinajstić information content (AvgIpc) is 2.48. The molecule has 0 saturated heterocycles. The van der Waals surface area contributed by atoms with Gasteiger partial charge in [-0.1, -0.05) is 44.2 Å². The summed E-state index contributed by atoms with van der Waals surface area (Å²) >= 11 is 0. The summed E-state index contributed by atoms with van der Waals surface area (Å²) in [5.74, 6) is -2.25. The number of hydrogen-bond donors (Lipinski definition) is 1. The molecule has 0 aromatic heterocycles. The van der Waals surface area contributed by atoms with Gasteiger partial charge in [-0.3, -0.25) is 9.59 Å². The molecule has 0 saturated carbocycles. The number of amides is 1. The van der Waals surface area contributed by atoms with E-state index in [0.717, 1.165) is 5.56 Å². The van der Waals surface area contributed by atoms with Gasteiger partial charge in [-0.15, -0.1) is 0 Å². The van der Waals surface area contributed by atoms with Gasteiger partial charge in [0.05, 0.1) is 6.07 Å². The molecule has 1 N–H and O–H groups in total. The molecule has 1 aromatic carbocycles. The number of carbonyl (C=O) groups is 2. The van der Waals surface area contributed by atoms with Crippen molar-refractivity contribution in [1.29, 1.82) is 5.26 Å². The fourth-order valence-electron chi connectivity index (χ4n) is 1.81. The highest BCUT2D eigenvalue weighted by molar-refractivity contribution is 6.04. The lowest BCUT2D eigenvalue weighted by Crippen LogP contribution is -2.37. The van der Waals surface area contributed by atoms with Crippen LogP contribution in [0.25, 0.3) is 0 Å². The van der Waals surface area contributed by atoms with Gasteiger partial charge >= 0.3 is 0 Å². The molecule has 0 aliphatic rings. The van der Waals surface area contributed by atoms with Gasteiger partial charge in [0.2, 0.25) is 5.91 Å². The number of benzene rings is 1. The summed E-state index contributed by atoms with van der Waals surface area (Å²) in [5.41, 5.74) is 1.11. The van der Waals surface area contributed by atoms with E-state index in [9.17, 15) is 9.59 Å². The van der Waals surface area contributed by atoms with Crippen molar-refractivity contribution in [1.82, 2.24) is 5.32 Å². The van der Waals surface area contributed by atoms with E-state index in [-0.39, 0.29) is 11.7 Å². The van der Waals surface area contributed by atoms with Gasteiger partial charge in [0.1, 0.15) is 0 Å². The Morgan fingerprint density at radius 1 is 1.30 bits per heavy atom. The van der Waals surface area contributed by atoms with E-state index in [1.54, 1.807) is 13.0 Å². The van der Waals surface area contributed by atoms with E-state index in [1.807, 2.05) is 37.3 Å². The van der Waals surface area contributed by atoms with Crippen LogP contribution in [0.4, 0.5) is 0 Å². The topological polar surface area (TPSA) is 70.0 Å². The molecule has 1 rings (SSSR count). The largest absolute Gasteiger partial charge is 0.354 e. The summed E-state index contributed by atoms with van der Waals surface area (Å²) in [5, 5.41) is 11.7. The van der Waals surface area contributed by atoms with Crippen molar-refractivity contribution in [2.24, 2.45) is 11.8 Å². The molecule has 0 fully saturated rings. The predicted molar refractivity (Wildman–Crippen MR) is 76.7 cm³/mol. The van der Waals surface area contributed by atoms with Crippen molar-refractivity contribution in [3.05, 3.63) is 35.9 Å². The van der Waals surface area contributed by atoms with Crippen LogP contribution in [0.15, 0.2) is 30.3 Å². The van der Waals surface area contributed by atoms with Crippen LogP contribution in [0.2, 0.25) is 0 Å². The Bertz CT molecular complexity index is 491. The lowest BCUT2D eigenvalue weighted by atomic mass is 9.92. The summed E-state index contributed by atoms with van der Waals surface area (Å²) in [6.45, 7) is 4.03. The van der Waals surface area contributed by atoms with E-state index in [2.05, 4.69) is 5.32 Å². The van der Waals surface area contributed by atoms with Crippen molar-refractivity contribution >= 4 is 11.7 Å². The zero-order chi connectivity index (χ0) is 15.0. The number of Topliss-reactive ketones (excluding diaryl/α,β-unsaturated/α-hetero) is 1. The highest BCUT2D eigenvalue weighted by Gasteiger charge is 2.28. The van der Waals surface area contributed by atoms with Crippen molar-refractivity contribution in [2.75, 3.05) is 6.54 Å². The number of nitriles is 1. The van der Waals surface area contributed by atoms with Crippen LogP contribution in [-0.2, 0) is 16.0 Å². The third-order valence-corrected chi connectivity index (χ3v) is 3.33. The fourth-order valence-corrected chi connectivity index (χ4v) is 1.81. The minimum atomic E-state index is -1.19. The Labute approximate surface area is 119 Å². The van der Waals surface area contributed by atoms with E-state index in [0.29, 0.717) is 19.4 Å². The Balaban J connectivity index is 2.48. The monoisotopic (exact) mass is 272 g/mol. The maximum absolute atomic E-state index is 11.9. The van der Waals surface area contributed by atoms with Crippen LogP contribution < -0.4 is 5.32 Å². The van der Waals surface area contributed by atoms with Crippen molar-refractivity contribution in [3.63, 3.8) is 0 Å². The van der Waals surface area contributed by atoms with Gasteiger partial charge in [-0.05, 0) is 18.4 Å². The molecule has 20 heavy (non-hydrogen) atoms. The second-order valence-corrected chi connectivity index (χ2v) is 4.80. The summed E-state index contributed by atoms with van der Waals surface area (Å²) in [6, 6.07) is 11.5. The van der Waals surface area contributed by atoms with Crippen molar-refractivity contribution in [3.8, 4) is 6.07 Å². The summed E-state index contributed by atoms with van der Waals surface area (Å²) in [6.07, 6.45) is 1.32. The summed E-state index contributed by atoms with van der Waals surface area (Å²) in [7, 11) is 0. The van der Waals surface area contributed by atoms with Crippen LogP contribution in [-0.4, -0.2) is 18.2 Å². The Hall–Kier alpha value is -2.15.